The number of carbonyl (C=O) groups excluding carboxylic acids is 1. The van der Waals surface area contributed by atoms with Crippen molar-refractivity contribution in [1.29, 1.82) is 0 Å². The van der Waals surface area contributed by atoms with E-state index < -0.39 is 5.97 Å². The summed E-state index contributed by atoms with van der Waals surface area (Å²) in [5.74, 6) is -0.873. The van der Waals surface area contributed by atoms with Gasteiger partial charge in [-0.1, -0.05) is 45.0 Å². The second-order valence-corrected chi connectivity index (χ2v) is 8.12. The van der Waals surface area contributed by atoms with Crippen LogP contribution in [0.4, 0.5) is 4.79 Å². The molecule has 28 heavy (non-hydrogen) atoms. The van der Waals surface area contributed by atoms with Crippen LogP contribution in [0, 0.1) is 0 Å². The molecule has 0 bridgehead atoms. The number of hydrogen-bond donors (Lipinski definition) is 2. The molecule has 1 unspecified atom stereocenters. The predicted octanol–water partition coefficient (Wildman–Crippen LogP) is 1.95. The summed E-state index contributed by atoms with van der Waals surface area (Å²) in [6, 6.07) is 8.44. The lowest BCUT2D eigenvalue weighted by Gasteiger charge is -2.35. The Balaban J connectivity index is 1.86. The molecule has 0 aromatic heterocycles. The summed E-state index contributed by atoms with van der Waals surface area (Å²) >= 11 is 0. The first-order chi connectivity index (χ1) is 13.2. The molecule has 0 saturated carbocycles. The van der Waals surface area contributed by atoms with Crippen LogP contribution in [-0.4, -0.2) is 79.4 Å². The van der Waals surface area contributed by atoms with Gasteiger partial charge < -0.3 is 20.1 Å². The number of carboxylic acids is 1. The summed E-state index contributed by atoms with van der Waals surface area (Å²) in [5, 5.41) is 11.9. The van der Waals surface area contributed by atoms with E-state index in [9.17, 15) is 9.59 Å². The van der Waals surface area contributed by atoms with E-state index in [1.807, 2.05) is 0 Å². The zero-order chi connectivity index (χ0) is 20.7. The lowest BCUT2D eigenvalue weighted by molar-refractivity contribution is -0.138. The molecule has 1 saturated heterocycles. The van der Waals surface area contributed by atoms with Gasteiger partial charge in [0.25, 0.3) is 0 Å². The number of ether oxygens (including phenoxy) is 1. The van der Waals surface area contributed by atoms with Gasteiger partial charge in [-0.15, -0.1) is 0 Å². The number of carboxylic acid groups (broad SMARTS) is 1. The van der Waals surface area contributed by atoms with E-state index in [0.29, 0.717) is 32.8 Å². The van der Waals surface area contributed by atoms with Crippen molar-refractivity contribution < 1.29 is 19.4 Å². The molecule has 0 aliphatic carbocycles. The molecule has 1 fully saturated rings. The van der Waals surface area contributed by atoms with E-state index in [1.54, 1.807) is 16.8 Å². The molecule has 0 spiro atoms. The number of benzene rings is 1. The third kappa shape index (κ3) is 6.49. The predicted molar refractivity (Wildman–Crippen MR) is 109 cm³/mol. The first kappa shape index (κ1) is 22.2. The van der Waals surface area contributed by atoms with Crippen LogP contribution >= 0.6 is 0 Å². The van der Waals surface area contributed by atoms with Crippen molar-refractivity contribution in [3.8, 4) is 0 Å². The molecular weight excluding hydrogens is 358 g/mol. The maximum absolute atomic E-state index is 12.6. The van der Waals surface area contributed by atoms with Crippen molar-refractivity contribution in [3.63, 3.8) is 0 Å². The van der Waals surface area contributed by atoms with Crippen LogP contribution in [0.1, 0.15) is 31.9 Å². The fraction of sp³-hybridized carbons (Fsp3) is 0.619. The Labute approximate surface area is 167 Å². The highest BCUT2D eigenvalue weighted by atomic mass is 16.5. The van der Waals surface area contributed by atoms with Gasteiger partial charge in [0.05, 0.1) is 19.3 Å². The second-order valence-electron chi connectivity index (χ2n) is 8.12. The minimum atomic E-state index is -0.873. The summed E-state index contributed by atoms with van der Waals surface area (Å²) in [7, 11) is 1.74. The standard InChI is InChI=1S/C21H33N3O4/c1-5-16-6-8-17(9-7-16)21(2,3)15-22-20(27)24-10-11-28-18(13-24)12-23(4)14-19(25)26/h6-9,18H,5,10-15H2,1-4H3,(H,22,27)(H,25,26). The van der Waals surface area contributed by atoms with Gasteiger partial charge in [-0.25, -0.2) is 4.79 Å². The van der Waals surface area contributed by atoms with Crippen LogP contribution in [0.3, 0.4) is 0 Å². The maximum Gasteiger partial charge on any atom is 0.317 e. The van der Waals surface area contributed by atoms with Crippen LogP contribution in [-0.2, 0) is 21.4 Å². The van der Waals surface area contributed by atoms with E-state index >= 15 is 0 Å². The Morgan fingerprint density at radius 1 is 1.32 bits per heavy atom. The van der Waals surface area contributed by atoms with Gasteiger partial charge >= 0.3 is 12.0 Å². The normalized spacial score (nSPS) is 17.6. The fourth-order valence-corrected chi connectivity index (χ4v) is 3.36. The lowest BCUT2D eigenvalue weighted by atomic mass is 9.84. The quantitative estimate of drug-likeness (QED) is 0.708. The van der Waals surface area contributed by atoms with Gasteiger partial charge in [0.15, 0.2) is 0 Å². The molecule has 7 nitrogen and oxygen atoms in total. The number of amides is 2. The molecule has 7 heteroatoms. The average Bonchev–Trinajstić information content (AvgIpc) is 2.65. The molecule has 1 aromatic carbocycles. The summed E-state index contributed by atoms with van der Waals surface area (Å²) in [6.45, 7) is 8.81. The Morgan fingerprint density at radius 2 is 2.00 bits per heavy atom. The van der Waals surface area contributed by atoms with Crippen molar-refractivity contribution in [1.82, 2.24) is 15.1 Å². The highest BCUT2D eigenvalue weighted by molar-refractivity contribution is 5.74. The summed E-state index contributed by atoms with van der Waals surface area (Å²) < 4.78 is 5.69. The van der Waals surface area contributed by atoms with Crippen molar-refractivity contribution >= 4 is 12.0 Å². The number of likely N-dealkylation sites (N-methyl/N-ethyl adjacent to an activating group) is 1. The van der Waals surface area contributed by atoms with Crippen LogP contribution in [0.5, 0.6) is 0 Å². The molecule has 2 N–H and O–H groups in total. The first-order valence-corrected chi connectivity index (χ1v) is 9.85. The van der Waals surface area contributed by atoms with Crippen molar-refractivity contribution in [2.45, 2.75) is 38.7 Å². The number of morpholine rings is 1. The zero-order valence-corrected chi connectivity index (χ0v) is 17.4. The van der Waals surface area contributed by atoms with Gasteiger partial charge in [0.1, 0.15) is 0 Å². The third-order valence-corrected chi connectivity index (χ3v) is 5.17. The average molecular weight is 392 g/mol. The van der Waals surface area contributed by atoms with Crippen LogP contribution in [0.25, 0.3) is 0 Å². The molecule has 156 valence electrons. The van der Waals surface area contributed by atoms with Crippen LogP contribution < -0.4 is 5.32 Å². The number of aliphatic carboxylic acids is 1. The van der Waals surface area contributed by atoms with E-state index in [-0.39, 0.29) is 24.1 Å². The number of aryl methyl sites for hydroxylation is 1. The van der Waals surface area contributed by atoms with Crippen molar-refractivity contribution in [2.24, 2.45) is 0 Å². The fourth-order valence-electron chi connectivity index (χ4n) is 3.36. The topological polar surface area (TPSA) is 82.1 Å². The molecule has 1 heterocycles. The second kappa shape index (κ2) is 9.89. The van der Waals surface area contributed by atoms with Gasteiger partial charge in [-0.05, 0) is 24.6 Å². The van der Waals surface area contributed by atoms with Crippen LogP contribution in [0.15, 0.2) is 24.3 Å². The van der Waals surface area contributed by atoms with E-state index in [0.717, 1.165) is 6.42 Å². The zero-order valence-electron chi connectivity index (χ0n) is 17.4. The maximum atomic E-state index is 12.6. The summed E-state index contributed by atoms with van der Waals surface area (Å²) in [4.78, 5) is 26.9. The van der Waals surface area contributed by atoms with Crippen molar-refractivity contribution in [3.05, 3.63) is 35.4 Å². The number of nitrogens with one attached hydrogen (secondary N) is 1. The molecule has 1 aliphatic rings. The molecule has 1 atom stereocenters. The highest BCUT2D eigenvalue weighted by Gasteiger charge is 2.27. The third-order valence-electron chi connectivity index (χ3n) is 5.17. The summed E-state index contributed by atoms with van der Waals surface area (Å²) in [5.41, 5.74) is 2.32. The minimum Gasteiger partial charge on any atom is -0.480 e. The Kier molecular flexibility index (Phi) is 7.83. The SMILES string of the molecule is CCc1ccc(C(C)(C)CNC(=O)N2CCOC(CN(C)CC(=O)O)C2)cc1. The van der Waals surface area contributed by atoms with Gasteiger partial charge in [-0.3, -0.25) is 9.69 Å². The molecular formula is C21H33N3O4. The Morgan fingerprint density at radius 3 is 2.61 bits per heavy atom. The van der Waals surface area contributed by atoms with E-state index in [1.165, 1.54) is 11.1 Å². The van der Waals surface area contributed by atoms with Gasteiger partial charge in [-0.2, -0.15) is 0 Å². The minimum absolute atomic E-state index is 0.0446. The summed E-state index contributed by atoms with van der Waals surface area (Å²) in [6.07, 6.45) is 0.829. The molecule has 1 aromatic rings. The molecule has 2 rings (SSSR count). The number of nitrogens with zero attached hydrogens (tertiary/aromatic N) is 2. The van der Waals surface area contributed by atoms with Gasteiger partial charge in [0.2, 0.25) is 0 Å². The molecule has 0 radical (unpaired) electrons. The number of carbonyl (C=O) groups is 2. The van der Waals surface area contributed by atoms with Crippen LogP contribution in [0.2, 0.25) is 0 Å². The molecule has 2 amide bonds. The molecule has 1 aliphatic heterocycles. The number of hydrogen-bond acceptors (Lipinski definition) is 4. The van der Waals surface area contributed by atoms with Gasteiger partial charge in [0, 0.05) is 31.6 Å². The van der Waals surface area contributed by atoms with E-state index in [4.69, 9.17) is 9.84 Å². The highest BCUT2D eigenvalue weighted by Crippen LogP contribution is 2.23. The Hall–Kier alpha value is -2.12. The smallest absolute Gasteiger partial charge is 0.317 e. The Bertz CT molecular complexity index is 660. The lowest BCUT2D eigenvalue weighted by Crippen LogP contribution is -2.53. The number of urea groups is 1. The number of rotatable bonds is 8. The van der Waals surface area contributed by atoms with Crippen molar-refractivity contribution in [2.75, 3.05) is 46.4 Å². The monoisotopic (exact) mass is 391 g/mol. The largest absolute Gasteiger partial charge is 0.480 e. The first-order valence-electron chi connectivity index (χ1n) is 9.85. The van der Waals surface area contributed by atoms with E-state index in [2.05, 4.69) is 50.4 Å².